The first-order chi connectivity index (χ1) is 6.83. The molecular weight excluding hydrogens is 174 g/mol. The molecule has 14 heavy (non-hydrogen) atoms. The highest BCUT2D eigenvalue weighted by molar-refractivity contribution is 5.04. The quantitative estimate of drug-likeness (QED) is 0.531. The third-order valence-corrected chi connectivity index (χ3v) is 2.28. The van der Waals surface area contributed by atoms with E-state index in [-0.39, 0.29) is 0 Å². The van der Waals surface area contributed by atoms with Crippen molar-refractivity contribution in [3.63, 3.8) is 0 Å². The zero-order chi connectivity index (χ0) is 10.2. The second kappa shape index (κ2) is 6.44. The smallest absolute Gasteiger partial charge is 0.0947 e. The second-order valence-corrected chi connectivity index (χ2v) is 3.63. The van der Waals surface area contributed by atoms with Crippen molar-refractivity contribution in [1.82, 2.24) is 5.32 Å². The van der Waals surface area contributed by atoms with Gasteiger partial charge in [-0.2, -0.15) is 0 Å². The number of nitrogens with one attached hydrogen (secondary N) is 1. The third kappa shape index (κ3) is 4.28. The van der Waals surface area contributed by atoms with Gasteiger partial charge in [-0.3, -0.25) is 0 Å². The fourth-order valence-electron chi connectivity index (χ4n) is 1.36. The first kappa shape index (κ1) is 11.1. The molecule has 0 bridgehead atoms. The van der Waals surface area contributed by atoms with Gasteiger partial charge in [0.2, 0.25) is 0 Å². The molecule has 78 valence electrons. The molecule has 2 nitrogen and oxygen atoms in total. The molecule has 1 heterocycles. The van der Waals surface area contributed by atoms with Crippen LogP contribution in [0.25, 0.3) is 0 Å². The van der Waals surface area contributed by atoms with Crippen LogP contribution in [0.2, 0.25) is 0 Å². The highest BCUT2D eigenvalue weighted by Crippen LogP contribution is 2.03. The number of hydrogen-bond donors (Lipinski definition) is 1. The molecule has 1 aromatic rings. The van der Waals surface area contributed by atoms with Gasteiger partial charge < -0.3 is 9.73 Å². The Balaban J connectivity index is 2.08. The molecule has 1 unspecified atom stereocenters. The van der Waals surface area contributed by atoms with E-state index in [4.69, 9.17) is 4.42 Å². The molecule has 0 radical (unpaired) electrons. The summed E-state index contributed by atoms with van der Waals surface area (Å²) in [6.07, 6.45) is 8.98. The van der Waals surface area contributed by atoms with Gasteiger partial charge in [0.05, 0.1) is 12.5 Å². The summed E-state index contributed by atoms with van der Waals surface area (Å²) in [5, 5.41) is 3.45. The van der Waals surface area contributed by atoms with Gasteiger partial charge in [-0.25, -0.2) is 0 Å². The molecule has 1 atom stereocenters. The lowest BCUT2D eigenvalue weighted by Crippen LogP contribution is -2.24. The molecule has 1 aromatic heterocycles. The monoisotopic (exact) mass is 193 g/mol. The van der Waals surface area contributed by atoms with Crippen molar-refractivity contribution < 1.29 is 4.42 Å². The lowest BCUT2D eigenvalue weighted by molar-refractivity contribution is 0.496. The van der Waals surface area contributed by atoms with E-state index in [1.807, 2.05) is 12.1 Å². The summed E-state index contributed by atoms with van der Waals surface area (Å²) < 4.78 is 4.99. The van der Waals surface area contributed by atoms with E-state index in [9.17, 15) is 0 Å². The Morgan fingerprint density at radius 2 is 2.50 bits per heavy atom. The minimum atomic E-state index is 0.560. The van der Waals surface area contributed by atoms with Gasteiger partial charge in [0.1, 0.15) is 0 Å². The highest BCUT2D eigenvalue weighted by atomic mass is 16.3. The van der Waals surface area contributed by atoms with Gasteiger partial charge in [-0.05, 0) is 32.3 Å². The number of unbranched alkanes of at least 4 members (excludes halogenated alkanes) is 1. The first-order valence-corrected chi connectivity index (χ1v) is 5.18. The van der Waals surface area contributed by atoms with Crippen LogP contribution in [-0.2, 0) is 6.54 Å². The number of allylic oxidation sites excluding steroid dienone is 1. The van der Waals surface area contributed by atoms with E-state index in [1.54, 1.807) is 12.5 Å². The van der Waals surface area contributed by atoms with Crippen LogP contribution in [-0.4, -0.2) is 6.04 Å². The van der Waals surface area contributed by atoms with Crippen LogP contribution >= 0.6 is 0 Å². The van der Waals surface area contributed by atoms with Gasteiger partial charge in [0.15, 0.2) is 0 Å². The van der Waals surface area contributed by atoms with E-state index in [2.05, 4.69) is 18.8 Å². The van der Waals surface area contributed by atoms with Crippen molar-refractivity contribution >= 4 is 0 Å². The fourth-order valence-corrected chi connectivity index (χ4v) is 1.36. The summed E-state index contributed by atoms with van der Waals surface area (Å²) in [7, 11) is 0. The van der Waals surface area contributed by atoms with E-state index in [0.717, 1.165) is 13.0 Å². The topological polar surface area (TPSA) is 25.2 Å². The zero-order valence-electron chi connectivity index (χ0n) is 8.83. The average Bonchev–Trinajstić information content (AvgIpc) is 2.68. The molecule has 0 aromatic carbocycles. The molecule has 0 aliphatic rings. The Morgan fingerprint density at radius 3 is 3.14 bits per heavy atom. The van der Waals surface area contributed by atoms with Crippen LogP contribution in [0.1, 0.15) is 31.7 Å². The SMILES string of the molecule is C=CCCCC(C)NCc1ccoc1. The summed E-state index contributed by atoms with van der Waals surface area (Å²) in [4.78, 5) is 0. The largest absolute Gasteiger partial charge is 0.472 e. The van der Waals surface area contributed by atoms with Crippen molar-refractivity contribution in [2.45, 2.75) is 38.8 Å². The predicted molar refractivity (Wildman–Crippen MR) is 59.1 cm³/mol. The molecule has 0 saturated carbocycles. The normalized spacial score (nSPS) is 12.6. The van der Waals surface area contributed by atoms with E-state index in [1.165, 1.54) is 18.4 Å². The molecule has 1 rings (SSSR count). The maximum Gasteiger partial charge on any atom is 0.0947 e. The van der Waals surface area contributed by atoms with Crippen LogP contribution < -0.4 is 5.32 Å². The second-order valence-electron chi connectivity index (χ2n) is 3.63. The summed E-state index contributed by atoms with van der Waals surface area (Å²) in [6.45, 7) is 6.82. The molecule has 0 saturated heterocycles. The van der Waals surface area contributed by atoms with Crippen molar-refractivity contribution in [2.75, 3.05) is 0 Å². The fraction of sp³-hybridized carbons (Fsp3) is 0.500. The Labute approximate surface area is 86.0 Å². The third-order valence-electron chi connectivity index (χ3n) is 2.28. The highest BCUT2D eigenvalue weighted by Gasteiger charge is 2.00. The van der Waals surface area contributed by atoms with Gasteiger partial charge in [0, 0.05) is 18.2 Å². The van der Waals surface area contributed by atoms with Crippen molar-refractivity contribution in [1.29, 1.82) is 0 Å². The van der Waals surface area contributed by atoms with Crippen LogP contribution in [0.4, 0.5) is 0 Å². The molecule has 2 heteroatoms. The zero-order valence-corrected chi connectivity index (χ0v) is 8.83. The number of hydrogen-bond acceptors (Lipinski definition) is 2. The van der Waals surface area contributed by atoms with Crippen molar-refractivity contribution in [2.24, 2.45) is 0 Å². The van der Waals surface area contributed by atoms with E-state index >= 15 is 0 Å². The molecule has 0 fully saturated rings. The average molecular weight is 193 g/mol. The summed E-state index contributed by atoms with van der Waals surface area (Å²) in [5.41, 5.74) is 1.21. The van der Waals surface area contributed by atoms with Gasteiger partial charge in [0.25, 0.3) is 0 Å². The summed E-state index contributed by atoms with van der Waals surface area (Å²) in [6, 6.07) is 2.55. The maximum atomic E-state index is 4.99. The molecular formula is C12H19NO. The van der Waals surface area contributed by atoms with Crippen LogP contribution in [0.5, 0.6) is 0 Å². The Hall–Kier alpha value is -1.02. The molecule has 0 amide bonds. The van der Waals surface area contributed by atoms with Crippen LogP contribution in [0.15, 0.2) is 35.7 Å². The Morgan fingerprint density at radius 1 is 1.64 bits per heavy atom. The maximum absolute atomic E-state index is 4.99. The van der Waals surface area contributed by atoms with Crippen molar-refractivity contribution in [3.8, 4) is 0 Å². The minimum Gasteiger partial charge on any atom is -0.472 e. The Kier molecular flexibility index (Phi) is 5.08. The lowest BCUT2D eigenvalue weighted by atomic mass is 10.1. The predicted octanol–water partition coefficient (Wildman–Crippen LogP) is 3.11. The molecule has 0 spiro atoms. The van der Waals surface area contributed by atoms with Gasteiger partial charge in [-0.15, -0.1) is 6.58 Å². The minimum absolute atomic E-state index is 0.560. The number of rotatable bonds is 7. The lowest BCUT2D eigenvalue weighted by Gasteiger charge is -2.11. The number of furan rings is 1. The van der Waals surface area contributed by atoms with Gasteiger partial charge >= 0.3 is 0 Å². The van der Waals surface area contributed by atoms with Crippen LogP contribution in [0.3, 0.4) is 0 Å². The summed E-state index contributed by atoms with van der Waals surface area (Å²) in [5.74, 6) is 0. The molecule has 1 N–H and O–H groups in total. The van der Waals surface area contributed by atoms with E-state index in [0.29, 0.717) is 6.04 Å². The Bertz CT molecular complexity index is 241. The van der Waals surface area contributed by atoms with Crippen molar-refractivity contribution in [3.05, 3.63) is 36.8 Å². The standard InChI is InChI=1S/C12H19NO/c1-3-4-5-6-11(2)13-9-12-7-8-14-10-12/h3,7-8,10-11,13H,1,4-6,9H2,2H3. The summed E-state index contributed by atoms with van der Waals surface area (Å²) >= 11 is 0. The van der Waals surface area contributed by atoms with E-state index < -0.39 is 0 Å². The molecule has 0 aliphatic carbocycles. The first-order valence-electron chi connectivity index (χ1n) is 5.18. The van der Waals surface area contributed by atoms with Gasteiger partial charge in [-0.1, -0.05) is 6.08 Å². The molecule has 0 aliphatic heterocycles. The van der Waals surface area contributed by atoms with Crippen LogP contribution in [0, 0.1) is 0 Å².